The Labute approximate surface area is 222 Å². The zero-order chi connectivity index (χ0) is 26.2. The largest absolute Gasteiger partial charge is 0.484 e. The molecule has 2 aliphatic heterocycles. The summed E-state index contributed by atoms with van der Waals surface area (Å²) in [6.45, 7) is 1.76. The van der Waals surface area contributed by atoms with Crippen molar-refractivity contribution in [3.63, 3.8) is 0 Å². The molecule has 2 atom stereocenters. The zero-order valence-electron chi connectivity index (χ0n) is 21.0. The molecule has 6 heterocycles. The Bertz CT molecular complexity index is 2080. The van der Waals surface area contributed by atoms with Crippen LogP contribution in [0.1, 0.15) is 18.0 Å². The van der Waals surface area contributed by atoms with Crippen LogP contribution in [-0.4, -0.2) is 44.5 Å². The lowest BCUT2D eigenvalue weighted by Crippen LogP contribution is -2.50. The van der Waals surface area contributed by atoms with Gasteiger partial charge >= 0.3 is 0 Å². The Morgan fingerprint density at radius 2 is 1.77 bits per heavy atom. The van der Waals surface area contributed by atoms with Crippen LogP contribution in [0.5, 0.6) is 5.75 Å². The molecule has 2 aliphatic rings. The van der Waals surface area contributed by atoms with Gasteiger partial charge in [0.15, 0.2) is 6.61 Å². The van der Waals surface area contributed by atoms with Gasteiger partial charge in [-0.3, -0.25) is 23.8 Å². The second-order valence-corrected chi connectivity index (χ2v) is 10.7. The monoisotopic (exact) mass is 516 g/mol. The minimum Gasteiger partial charge on any atom is -0.484 e. The zero-order valence-corrected chi connectivity index (χ0v) is 21.0. The molecule has 39 heavy (non-hydrogen) atoms. The number of carbonyl (C=O) groups is 1. The van der Waals surface area contributed by atoms with Gasteiger partial charge in [-0.1, -0.05) is 24.3 Å². The van der Waals surface area contributed by atoms with Gasteiger partial charge in [0.2, 0.25) is 0 Å². The molecule has 0 radical (unpaired) electrons. The number of amides is 1. The number of fused-ring (bicyclic) bond motifs is 9. The van der Waals surface area contributed by atoms with Crippen molar-refractivity contribution in [1.29, 1.82) is 0 Å². The van der Waals surface area contributed by atoms with E-state index in [-0.39, 0.29) is 35.5 Å². The standard InChI is InChI=1S/C31H24N4O4/c36-27-7-3-6-25-19-12-18(15-34(25)27)14-33(16-19)28(37)17-39-20-8-9-21-23-10-11-32-29-22-4-1-2-5-24(22)31(38)35(30(23)29)26(21)13-20/h1-11,13,18-19H,12,14-17H2/t18-,19+/m1/s1. The highest BCUT2D eigenvalue weighted by Crippen LogP contribution is 2.36. The fourth-order valence-corrected chi connectivity index (χ4v) is 6.77. The number of hydrogen-bond donors (Lipinski definition) is 0. The predicted molar refractivity (Wildman–Crippen MR) is 149 cm³/mol. The van der Waals surface area contributed by atoms with Gasteiger partial charge < -0.3 is 14.2 Å². The molecule has 8 heteroatoms. The van der Waals surface area contributed by atoms with Gasteiger partial charge in [0, 0.05) is 71.1 Å². The molecule has 192 valence electrons. The molecule has 4 aromatic heterocycles. The lowest BCUT2D eigenvalue weighted by molar-refractivity contribution is -0.136. The predicted octanol–water partition coefficient (Wildman–Crippen LogP) is 3.78. The molecule has 1 saturated heterocycles. The summed E-state index contributed by atoms with van der Waals surface area (Å²) < 4.78 is 9.58. The number of hydrogen-bond acceptors (Lipinski definition) is 5. The molecule has 6 aromatic rings. The van der Waals surface area contributed by atoms with E-state index in [1.807, 2.05) is 64.1 Å². The average Bonchev–Trinajstić information content (AvgIpc) is 3.30. The van der Waals surface area contributed by atoms with Crippen molar-refractivity contribution < 1.29 is 9.53 Å². The molecule has 1 amide bonds. The van der Waals surface area contributed by atoms with Gasteiger partial charge in [0.05, 0.1) is 16.6 Å². The number of piperidine rings is 1. The first-order chi connectivity index (χ1) is 19.1. The molecule has 8 nitrogen and oxygen atoms in total. The van der Waals surface area contributed by atoms with Crippen molar-refractivity contribution in [2.45, 2.75) is 18.9 Å². The molecule has 0 spiro atoms. The van der Waals surface area contributed by atoms with Gasteiger partial charge in [-0.25, -0.2) is 0 Å². The molecule has 0 saturated carbocycles. The molecule has 0 unspecified atom stereocenters. The highest BCUT2D eigenvalue weighted by molar-refractivity contribution is 6.18. The summed E-state index contributed by atoms with van der Waals surface area (Å²) in [4.78, 5) is 45.6. The van der Waals surface area contributed by atoms with Crippen molar-refractivity contribution in [2.75, 3.05) is 19.7 Å². The number of carbonyl (C=O) groups excluding carboxylic acids is 1. The highest BCUT2D eigenvalue weighted by atomic mass is 16.5. The highest BCUT2D eigenvalue weighted by Gasteiger charge is 2.36. The molecule has 8 rings (SSSR count). The number of rotatable bonds is 3. The summed E-state index contributed by atoms with van der Waals surface area (Å²) in [5.41, 5.74) is 3.26. The number of likely N-dealkylation sites (tertiary alicyclic amines) is 1. The molecule has 2 aromatic carbocycles. The fourth-order valence-electron chi connectivity index (χ4n) is 6.77. The van der Waals surface area contributed by atoms with Crippen LogP contribution >= 0.6 is 0 Å². The SMILES string of the molecule is O=C(COc1ccc2c3ccnc4c5ccccc5c(=O)n(c2c1)c34)N1C[C@H]2C[C@@H](C1)c1cccc(=O)n1C2. The lowest BCUT2D eigenvalue weighted by atomic mass is 9.83. The van der Waals surface area contributed by atoms with Crippen LogP contribution in [0.4, 0.5) is 0 Å². The molecule has 0 N–H and O–H groups in total. The van der Waals surface area contributed by atoms with Gasteiger partial charge in [-0.05, 0) is 42.7 Å². The van der Waals surface area contributed by atoms with E-state index in [0.717, 1.165) is 44.8 Å². The van der Waals surface area contributed by atoms with Gasteiger partial charge in [0.1, 0.15) is 5.75 Å². The lowest BCUT2D eigenvalue weighted by Gasteiger charge is -2.42. The van der Waals surface area contributed by atoms with Crippen molar-refractivity contribution in [3.05, 3.63) is 99.3 Å². The van der Waals surface area contributed by atoms with E-state index in [2.05, 4.69) is 4.98 Å². The maximum Gasteiger partial charge on any atom is 0.263 e. The summed E-state index contributed by atoms with van der Waals surface area (Å²) in [7, 11) is 0. The minimum atomic E-state index is -0.0985. The van der Waals surface area contributed by atoms with E-state index in [4.69, 9.17) is 4.74 Å². The van der Waals surface area contributed by atoms with Gasteiger partial charge in [-0.15, -0.1) is 0 Å². The Hall–Kier alpha value is -4.72. The number of benzene rings is 2. The number of ether oxygens (including phenoxy) is 1. The second kappa shape index (κ2) is 8.14. The Balaban J connectivity index is 1.11. The number of pyridine rings is 3. The summed E-state index contributed by atoms with van der Waals surface area (Å²) in [5, 5.41) is 3.35. The first-order valence-corrected chi connectivity index (χ1v) is 13.2. The Morgan fingerprint density at radius 1 is 0.897 bits per heavy atom. The van der Waals surface area contributed by atoms with Crippen LogP contribution in [0.25, 0.3) is 38.1 Å². The van der Waals surface area contributed by atoms with E-state index in [1.54, 1.807) is 22.7 Å². The maximum absolute atomic E-state index is 13.6. The van der Waals surface area contributed by atoms with Crippen molar-refractivity contribution in [3.8, 4) is 5.75 Å². The first-order valence-electron chi connectivity index (χ1n) is 13.2. The molecule has 1 fully saturated rings. The van der Waals surface area contributed by atoms with Crippen LogP contribution < -0.4 is 15.9 Å². The van der Waals surface area contributed by atoms with E-state index in [9.17, 15) is 14.4 Å². The van der Waals surface area contributed by atoms with E-state index >= 15 is 0 Å². The third-order valence-corrected chi connectivity index (χ3v) is 8.46. The minimum absolute atomic E-state index is 0.0302. The van der Waals surface area contributed by atoms with Gasteiger partial charge in [0.25, 0.3) is 17.0 Å². The van der Waals surface area contributed by atoms with Gasteiger partial charge in [-0.2, -0.15) is 0 Å². The van der Waals surface area contributed by atoms with E-state index in [1.165, 1.54) is 0 Å². The topological polar surface area (TPSA) is 85.9 Å². The molecular formula is C31H24N4O4. The van der Waals surface area contributed by atoms with Crippen molar-refractivity contribution in [2.24, 2.45) is 5.92 Å². The Kier molecular flexibility index (Phi) is 4.65. The molecular weight excluding hydrogens is 492 g/mol. The maximum atomic E-state index is 13.6. The normalized spacial score (nSPS) is 18.7. The van der Waals surface area contributed by atoms with E-state index in [0.29, 0.717) is 30.8 Å². The van der Waals surface area contributed by atoms with Crippen molar-refractivity contribution in [1.82, 2.24) is 18.9 Å². The van der Waals surface area contributed by atoms with Crippen LogP contribution in [0.2, 0.25) is 0 Å². The Morgan fingerprint density at radius 3 is 2.67 bits per heavy atom. The quantitative estimate of drug-likeness (QED) is 0.334. The van der Waals surface area contributed by atoms with Crippen LogP contribution in [0.15, 0.2) is 82.5 Å². The fraction of sp³-hybridized carbons (Fsp3) is 0.226. The third kappa shape index (κ3) is 3.24. The summed E-state index contributed by atoms with van der Waals surface area (Å²) in [6, 6.07) is 20.5. The van der Waals surface area contributed by atoms with Crippen LogP contribution in [-0.2, 0) is 11.3 Å². The summed E-state index contributed by atoms with van der Waals surface area (Å²) >= 11 is 0. The van der Waals surface area contributed by atoms with E-state index < -0.39 is 0 Å². The second-order valence-electron chi connectivity index (χ2n) is 10.7. The molecule has 2 bridgehead atoms. The smallest absolute Gasteiger partial charge is 0.263 e. The molecule has 0 aliphatic carbocycles. The first kappa shape index (κ1) is 22.3. The third-order valence-electron chi connectivity index (χ3n) is 8.46. The summed E-state index contributed by atoms with van der Waals surface area (Å²) in [5.74, 6) is 0.874. The number of nitrogens with zero attached hydrogens (tertiary/aromatic N) is 4. The summed E-state index contributed by atoms with van der Waals surface area (Å²) in [6.07, 6.45) is 2.77. The number of aromatic nitrogens is 3. The average molecular weight is 517 g/mol. The van der Waals surface area contributed by atoms with Crippen molar-refractivity contribution >= 4 is 44.0 Å². The van der Waals surface area contributed by atoms with Crippen LogP contribution in [0.3, 0.4) is 0 Å². The van der Waals surface area contributed by atoms with Crippen LogP contribution in [0, 0.1) is 5.92 Å².